The van der Waals surface area contributed by atoms with Crippen molar-refractivity contribution < 1.29 is 9.72 Å². The van der Waals surface area contributed by atoms with Gasteiger partial charge < -0.3 is 5.32 Å². The highest BCUT2D eigenvalue weighted by Gasteiger charge is 2.22. The fraction of sp³-hybridized carbons (Fsp3) is 0.133. The van der Waals surface area contributed by atoms with Crippen LogP contribution in [0.5, 0.6) is 0 Å². The number of nitro benzene ring substituents is 1. The van der Waals surface area contributed by atoms with Gasteiger partial charge in [0.05, 0.1) is 4.92 Å². The molecule has 6 heteroatoms. The highest BCUT2D eigenvalue weighted by atomic mass is 79.9. The summed E-state index contributed by atoms with van der Waals surface area (Å²) < 4.78 is 0.861. The van der Waals surface area contributed by atoms with E-state index < -0.39 is 10.8 Å². The van der Waals surface area contributed by atoms with Crippen molar-refractivity contribution in [1.29, 1.82) is 0 Å². The third-order valence-electron chi connectivity index (χ3n) is 3.19. The smallest absolute Gasteiger partial charge is 0.282 e. The van der Waals surface area contributed by atoms with Crippen molar-refractivity contribution in [1.82, 2.24) is 0 Å². The number of hydrogen-bond acceptors (Lipinski definition) is 3. The van der Waals surface area contributed by atoms with Gasteiger partial charge >= 0.3 is 0 Å². The van der Waals surface area contributed by atoms with Gasteiger partial charge in [-0.3, -0.25) is 14.9 Å². The van der Waals surface area contributed by atoms with Crippen LogP contribution in [-0.2, 0) is 0 Å². The number of nitrogens with one attached hydrogen (secondary N) is 1. The van der Waals surface area contributed by atoms with Crippen LogP contribution in [0.4, 0.5) is 11.4 Å². The lowest BCUT2D eigenvalue weighted by atomic mass is 10.1. The van der Waals surface area contributed by atoms with Crippen LogP contribution in [0.1, 0.15) is 21.5 Å². The Hall–Kier alpha value is -2.21. The van der Waals surface area contributed by atoms with Gasteiger partial charge in [0.15, 0.2) is 0 Å². The number of halogens is 1. The number of aryl methyl sites for hydroxylation is 1. The summed E-state index contributed by atoms with van der Waals surface area (Å²) >= 11 is 3.38. The van der Waals surface area contributed by atoms with E-state index in [1.54, 1.807) is 31.2 Å². The summed E-state index contributed by atoms with van der Waals surface area (Å²) in [5.41, 5.74) is 1.94. The Morgan fingerprint density at radius 3 is 2.52 bits per heavy atom. The summed E-state index contributed by atoms with van der Waals surface area (Å²) in [6, 6.07) is 9.97. The quantitative estimate of drug-likeness (QED) is 0.666. The number of anilines is 1. The van der Waals surface area contributed by atoms with Gasteiger partial charge in [0.1, 0.15) is 5.56 Å². The Labute approximate surface area is 130 Å². The summed E-state index contributed by atoms with van der Waals surface area (Å²) in [4.78, 5) is 22.9. The van der Waals surface area contributed by atoms with Crippen LogP contribution < -0.4 is 5.32 Å². The van der Waals surface area contributed by atoms with Crippen LogP contribution in [0, 0.1) is 24.0 Å². The van der Waals surface area contributed by atoms with Crippen LogP contribution in [0.15, 0.2) is 40.9 Å². The van der Waals surface area contributed by atoms with E-state index in [1.807, 2.05) is 13.0 Å². The van der Waals surface area contributed by atoms with E-state index in [1.165, 1.54) is 6.07 Å². The van der Waals surface area contributed by atoms with Gasteiger partial charge in [-0.25, -0.2) is 0 Å². The number of rotatable bonds is 3. The number of nitrogens with zero attached hydrogens (tertiary/aromatic N) is 1. The molecule has 0 aliphatic rings. The molecular weight excluding hydrogens is 336 g/mol. The van der Waals surface area contributed by atoms with Crippen molar-refractivity contribution in [2.24, 2.45) is 0 Å². The van der Waals surface area contributed by atoms with E-state index in [2.05, 4.69) is 21.2 Å². The number of amides is 1. The molecule has 0 atom stereocenters. The molecule has 1 N–H and O–H groups in total. The lowest BCUT2D eigenvalue weighted by molar-refractivity contribution is -0.385. The van der Waals surface area contributed by atoms with E-state index in [0.717, 1.165) is 10.0 Å². The van der Waals surface area contributed by atoms with Gasteiger partial charge in [0.25, 0.3) is 11.6 Å². The van der Waals surface area contributed by atoms with Crippen LogP contribution >= 0.6 is 15.9 Å². The second kappa shape index (κ2) is 6.05. The summed E-state index contributed by atoms with van der Waals surface area (Å²) in [6.07, 6.45) is 0. The van der Waals surface area contributed by atoms with E-state index >= 15 is 0 Å². The standard InChI is InChI=1S/C15H13BrN2O3/c1-9-5-3-8-13(18(20)21)14(9)15(19)17-12-7-4-6-11(16)10(12)2/h3-8H,1-2H3,(H,17,19). The second-order valence-electron chi connectivity index (χ2n) is 4.59. The number of hydrogen-bond donors (Lipinski definition) is 1. The van der Waals surface area contributed by atoms with Crippen molar-refractivity contribution in [3.05, 3.63) is 67.7 Å². The average molecular weight is 349 g/mol. The van der Waals surface area contributed by atoms with E-state index in [-0.39, 0.29) is 11.3 Å². The first kappa shape index (κ1) is 15.2. The molecule has 0 spiro atoms. The molecule has 0 fully saturated rings. The van der Waals surface area contributed by atoms with E-state index in [0.29, 0.717) is 11.3 Å². The first-order chi connectivity index (χ1) is 9.91. The van der Waals surface area contributed by atoms with Crippen molar-refractivity contribution in [2.75, 3.05) is 5.32 Å². The molecule has 0 heterocycles. The molecule has 0 radical (unpaired) electrons. The molecular formula is C15H13BrN2O3. The van der Waals surface area contributed by atoms with Crippen LogP contribution in [0.2, 0.25) is 0 Å². The van der Waals surface area contributed by atoms with Crippen molar-refractivity contribution in [3.8, 4) is 0 Å². The summed E-state index contributed by atoms with van der Waals surface area (Å²) in [5, 5.41) is 13.8. The normalized spacial score (nSPS) is 10.2. The molecule has 21 heavy (non-hydrogen) atoms. The molecule has 0 saturated heterocycles. The maximum absolute atomic E-state index is 12.4. The van der Waals surface area contributed by atoms with Crippen LogP contribution in [0.3, 0.4) is 0 Å². The monoisotopic (exact) mass is 348 g/mol. The summed E-state index contributed by atoms with van der Waals surface area (Å²) in [5.74, 6) is -0.485. The molecule has 2 rings (SSSR count). The van der Waals surface area contributed by atoms with Crippen molar-refractivity contribution in [3.63, 3.8) is 0 Å². The zero-order chi connectivity index (χ0) is 15.6. The minimum Gasteiger partial charge on any atom is -0.321 e. The number of carbonyl (C=O) groups is 1. The fourth-order valence-corrected chi connectivity index (χ4v) is 2.39. The molecule has 0 aliphatic carbocycles. The summed E-state index contributed by atoms with van der Waals surface area (Å²) in [7, 11) is 0. The first-order valence-corrected chi connectivity index (χ1v) is 7.01. The van der Waals surface area contributed by atoms with Crippen LogP contribution in [-0.4, -0.2) is 10.8 Å². The molecule has 0 unspecified atom stereocenters. The van der Waals surface area contributed by atoms with Gasteiger partial charge in [-0.2, -0.15) is 0 Å². The van der Waals surface area contributed by atoms with E-state index in [4.69, 9.17) is 0 Å². The Morgan fingerprint density at radius 2 is 1.86 bits per heavy atom. The number of carbonyl (C=O) groups excluding carboxylic acids is 1. The lowest BCUT2D eigenvalue weighted by Gasteiger charge is -2.11. The SMILES string of the molecule is Cc1cccc([N+](=O)[O-])c1C(=O)Nc1cccc(Br)c1C. The zero-order valence-electron chi connectivity index (χ0n) is 11.5. The highest BCUT2D eigenvalue weighted by molar-refractivity contribution is 9.10. The largest absolute Gasteiger partial charge is 0.321 e. The average Bonchev–Trinajstić information content (AvgIpc) is 2.43. The minimum atomic E-state index is -0.546. The van der Waals surface area contributed by atoms with E-state index in [9.17, 15) is 14.9 Å². The maximum atomic E-state index is 12.4. The first-order valence-electron chi connectivity index (χ1n) is 6.22. The zero-order valence-corrected chi connectivity index (χ0v) is 13.1. The Bertz CT molecular complexity index is 729. The second-order valence-corrected chi connectivity index (χ2v) is 5.45. The lowest BCUT2D eigenvalue weighted by Crippen LogP contribution is -2.16. The molecule has 5 nitrogen and oxygen atoms in total. The van der Waals surface area contributed by atoms with Gasteiger partial charge in [-0.05, 0) is 37.1 Å². The molecule has 1 amide bonds. The summed E-state index contributed by atoms with van der Waals surface area (Å²) in [6.45, 7) is 3.53. The van der Waals surface area contributed by atoms with Crippen molar-refractivity contribution in [2.45, 2.75) is 13.8 Å². The molecule has 0 bridgehead atoms. The third kappa shape index (κ3) is 3.11. The van der Waals surface area contributed by atoms with Crippen molar-refractivity contribution >= 4 is 33.2 Å². The number of nitro groups is 1. The molecule has 0 aliphatic heterocycles. The topological polar surface area (TPSA) is 72.2 Å². The fourth-order valence-electron chi connectivity index (χ4n) is 2.03. The third-order valence-corrected chi connectivity index (χ3v) is 4.05. The van der Waals surface area contributed by atoms with Gasteiger partial charge in [-0.1, -0.05) is 34.1 Å². The predicted octanol–water partition coefficient (Wildman–Crippen LogP) is 4.23. The maximum Gasteiger partial charge on any atom is 0.282 e. The Balaban J connectivity index is 2.42. The Morgan fingerprint density at radius 1 is 1.19 bits per heavy atom. The molecule has 0 saturated carbocycles. The molecule has 0 aromatic heterocycles. The van der Waals surface area contributed by atoms with Crippen LogP contribution in [0.25, 0.3) is 0 Å². The highest BCUT2D eigenvalue weighted by Crippen LogP contribution is 2.26. The minimum absolute atomic E-state index is 0.0851. The molecule has 108 valence electrons. The Kier molecular flexibility index (Phi) is 4.37. The van der Waals surface area contributed by atoms with Gasteiger partial charge in [0, 0.05) is 16.2 Å². The molecule has 2 aromatic carbocycles. The van der Waals surface area contributed by atoms with Gasteiger partial charge in [-0.15, -0.1) is 0 Å². The molecule has 2 aromatic rings. The van der Waals surface area contributed by atoms with Gasteiger partial charge in [0.2, 0.25) is 0 Å². The number of benzene rings is 2. The predicted molar refractivity (Wildman–Crippen MR) is 84.7 cm³/mol.